The average Bonchev–Trinajstić information content (AvgIpc) is 3.21. The number of thiazole rings is 1. The molecule has 0 fully saturated rings. The van der Waals surface area contributed by atoms with Crippen LogP contribution in [0.3, 0.4) is 0 Å². The Morgan fingerprint density at radius 3 is 2.75 bits per heavy atom. The van der Waals surface area contributed by atoms with E-state index in [1.165, 1.54) is 16.7 Å². The highest BCUT2D eigenvalue weighted by Crippen LogP contribution is 2.42. The molecule has 0 saturated heterocycles. The van der Waals surface area contributed by atoms with Crippen molar-refractivity contribution < 1.29 is 9.90 Å². The molecule has 0 amide bonds. The third-order valence-corrected chi connectivity index (χ3v) is 6.00. The molecule has 1 aromatic heterocycles. The van der Waals surface area contributed by atoms with E-state index in [0.717, 1.165) is 17.0 Å². The molecule has 1 aliphatic rings. The molecule has 0 spiro atoms. The van der Waals surface area contributed by atoms with E-state index in [4.69, 9.17) is 0 Å². The molecule has 4 heteroatoms. The molecule has 3 aromatic rings. The summed E-state index contributed by atoms with van der Waals surface area (Å²) < 4.78 is 0. The highest BCUT2D eigenvalue weighted by molar-refractivity contribution is 7.10. The Bertz CT molecular complexity index is 1090. The molecule has 0 aliphatic heterocycles. The van der Waals surface area contributed by atoms with Crippen molar-refractivity contribution in [1.82, 2.24) is 4.98 Å². The number of hydrogen-bond acceptors (Lipinski definition) is 3. The molecule has 1 heterocycles. The van der Waals surface area contributed by atoms with Crippen LogP contribution in [-0.4, -0.2) is 16.1 Å². The lowest BCUT2D eigenvalue weighted by Crippen LogP contribution is -2.21. The average molecular weight is 388 g/mol. The van der Waals surface area contributed by atoms with Crippen molar-refractivity contribution in [3.63, 3.8) is 0 Å². The first-order chi connectivity index (χ1) is 13.5. The Kier molecular flexibility index (Phi) is 4.73. The Balaban J connectivity index is 1.75. The molecule has 2 aromatic carbocycles. The van der Waals surface area contributed by atoms with Gasteiger partial charge in [-0.05, 0) is 46.2 Å². The number of nitrogens with zero attached hydrogens (tertiary/aromatic N) is 1. The van der Waals surface area contributed by atoms with Crippen molar-refractivity contribution in [2.75, 3.05) is 0 Å². The van der Waals surface area contributed by atoms with Crippen LogP contribution in [0.4, 0.5) is 0 Å². The number of allylic oxidation sites excluding steroid dienone is 1. The zero-order chi connectivity index (χ0) is 19.7. The maximum absolute atomic E-state index is 11.4. The summed E-state index contributed by atoms with van der Waals surface area (Å²) in [6.07, 6.45) is 8.95. The number of rotatable bonds is 4. The van der Waals surface area contributed by atoms with Crippen LogP contribution in [0.1, 0.15) is 57.9 Å². The molecule has 0 bridgehead atoms. The van der Waals surface area contributed by atoms with Gasteiger partial charge in [-0.3, -0.25) is 0 Å². The second-order valence-electron chi connectivity index (χ2n) is 7.57. The highest BCUT2D eigenvalue weighted by Gasteiger charge is 2.29. The normalized spacial score (nSPS) is 15.3. The van der Waals surface area contributed by atoms with Crippen LogP contribution in [0.15, 0.2) is 60.1 Å². The Hall–Kier alpha value is -2.98. The number of aromatic nitrogens is 1. The molecule has 0 radical (unpaired) electrons. The number of carboxylic acids is 1. The summed E-state index contributed by atoms with van der Waals surface area (Å²) in [5.74, 6) is -0.915. The molecule has 3 nitrogen and oxygen atoms in total. The van der Waals surface area contributed by atoms with Gasteiger partial charge in [-0.15, -0.1) is 11.3 Å². The van der Waals surface area contributed by atoms with Crippen molar-refractivity contribution >= 4 is 35.0 Å². The molecule has 0 unspecified atom stereocenters. The SMILES string of the molecule is CC1(C)CC=C(c2nccs2)c2cc(/C=C/c3ccccc3C(=O)O)ccc21. The minimum atomic E-state index is -0.915. The summed E-state index contributed by atoms with van der Waals surface area (Å²) in [6.45, 7) is 4.53. The number of carbonyl (C=O) groups is 1. The quantitative estimate of drug-likeness (QED) is 0.548. The molecule has 0 saturated carbocycles. The van der Waals surface area contributed by atoms with E-state index in [9.17, 15) is 9.90 Å². The van der Waals surface area contributed by atoms with Gasteiger partial charge in [0, 0.05) is 17.2 Å². The maximum Gasteiger partial charge on any atom is 0.336 e. The Labute approximate surface area is 168 Å². The van der Waals surface area contributed by atoms with Crippen LogP contribution in [0, 0.1) is 0 Å². The van der Waals surface area contributed by atoms with Gasteiger partial charge >= 0.3 is 5.97 Å². The van der Waals surface area contributed by atoms with E-state index in [1.54, 1.807) is 23.5 Å². The van der Waals surface area contributed by atoms with E-state index in [-0.39, 0.29) is 5.41 Å². The number of fused-ring (bicyclic) bond motifs is 1. The summed E-state index contributed by atoms with van der Waals surface area (Å²) in [6, 6.07) is 13.5. The summed E-state index contributed by atoms with van der Waals surface area (Å²) in [4.78, 5) is 15.9. The summed E-state index contributed by atoms with van der Waals surface area (Å²) in [7, 11) is 0. The van der Waals surface area contributed by atoms with E-state index >= 15 is 0 Å². The van der Waals surface area contributed by atoms with Gasteiger partial charge in [-0.25, -0.2) is 9.78 Å². The van der Waals surface area contributed by atoms with E-state index in [1.807, 2.05) is 35.9 Å². The van der Waals surface area contributed by atoms with Gasteiger partial charge in [-0.1, -0.05) is 62.4 Å². The van der Waals surface area contributed by atoms with Gasteiger partial charge in [0.15, 0.2) is 0 Å². The van der Waals surface area contributed by atoms with Gasteiger partial charge in [0.1, 0.15) is 5.01 Å². The molecular weight excluding hydrogens is 366 g/mol. The molecule has 0 atom stereocenters. The van der Waals surface area contributed by atoms with Gasteiger partial charge in [0.25, 0.3) is 0 Å². The van der Waals surface area contributed by atoms with Crippen LogP contribution in [0.25, 0.3) is 17.7 Å². The number of carboxylic acid groups (broad SMARTS) is 1. The van der Waals surface area contributed by atoms with Crippen molar-refractivity contribution in [2.45, 2.75) is 25.7 Å². The summed E-state index contributed by atoms with van der Waals surface area (Å²) in [5, 5.41) is 12.4. The molecule has 1 aliphatic carbocycles. The smallest absolute Gasteiger partial charge is 0.336 e. The lowest BCUT2D eigenvalue weighted by Gasteiger charge is -2.31. The summed E-state index contributed by atoms with van der Waals surface area (Å²) >= 11 is 1.65. The lowest BCUT2D eigenvalue weighted by atomic mass is 9.73. The van der Waals surface area contributed by atoms with Gasteiger partial charge in [-0.2, -0.15) is 0 Å². The standard InChI is InChI=1S/C24H21NO2S/c1-24(2)12-11-19(22-25-13-14-28-22)20-15-16(8-10-21(20)24)7-9-17-5-3-4-6-18(17)23(26)27/h3-11,13-15H,12H2,1-2H3,(H,26,27)/b9-7+. The second kappa shape index (κ2) is 7.21. The van der Waals surface area contributed by atoms with Crippen LogP contribution in [0.5, 0.6) is 0 Å². The topological polar surface area (TPSA) is 50.2 Å². The Morgan fingerprint density at radius 1 is 1.18 bits per heavy atom. The van der Waals surface area contributed by atoms with Crippen LogP contribution >= 0.6 is 11.3 Å². The monoisotopic (exact) mass is 387 g/mol. The molecule has 140 valence electrons. The van der Waals surface area contributed by atoms with Crippen molar-refractivity contribution in [2.24, 2.45) is 0 Å². The van der Waals surface area contributed by atoms with Crippen molar-refractivity contribution in [3.8, 4) is 0 Å². The highest BCUT2D eigenvalue weighted by atomic mass is 32.1. The minimum absolute atomic E-state index is 0.0776. The third-order valence-electron chi connectivity index (χ3n) is 5.19. The zero-order valence-corrected chi connectivity index (χ0v) is 16.7. The number of benzene rings is 2. The van der Waals surface area contributed by atoms with Crippen molar-refractivity contribution in [1.29, 1.82) is 0 Å². The maximum atomic E-state index is 11.4. The fourth-order valence-electron chi connectivity index (χ4n) is 3.64. The van der Waals surface area contributed by atoms with E-state index in [0.29, 0.717) is 11.1 Å². The largest absolute Gasteiger partial charge is 0.478 e. The predicted octanol–water partition coefficient (Wildman–Crippen LogP) is 6.12. The lowest BCUT2D eigenvalue weighted by molar-refractivity contribution is 0.0696. The van der Waals surface area contributed by atoms with E-state index in [2.05, 4.69) is 43.1 Å². The third kappa shape index (κ3) is 3.43. The first-order valence-electron chi connectivity index (χ1n) is 9.21. The molecule has 4 rings (SSSR count). The molecular formula is C24H21NO2S. The predicted molar refractivity (Wildman–Crippen MR) is 116 cm³/mol. The minimum Gasteiger partial charge on any atom is -0.478 e. The Morgan fingerprint density at radius 2 is 2.00 bits per heavy atom. The van der Waals surface area contributed by atoms with E-state index < -0.39 is 5.97 Å². The first-order valence-corrected chi connectivity index (χ1v) is 10.1. The van der Waals surface area contributed by atoms with Crippen LogP contribution in [-0.2, 0) is 5.41 Å². The number of aromatic carboxylic acids is 1. The molecule has 28 heavy (non-hydrogen) atoms. The zero-order valence-electron chi connectivity index (χ0n) is 15.8. The molecule has 1 N–H and O–H groups in total. The van der Waals surface area contributed by atoms with Gasteiger partial charge in [0.05, 0.1) is 5.56 Å². The number of hydrogen-bond donors (Lipinski definition) is 1. The van der Waals surface area contributed by atoms with Gasteiger partial charge in [0.2, 0.25) is 0 Å². The van der Waals surface area contributed by atoms with Crippen LogP contribution in [0.2, 0.25) is 0 Å². The second-order valence-corrected chi connectivity index (χ2v) is 8.47. The fourth-order valence-corrected chi connectivity index (χ4v) is 4.33. The fraction of sp³-hybridized carbons (Fsp3) is 0.167. The van der Waals surface area contributed by atoms with Crippen LogP contribution < -0.4 is 0 Å². The summed E-state index contributed by atoms with van der Waals surface area (Å²) in [5.41, 5.74) is 5.84. The first kappa shape index (κ1) is 18.4. The van der Waals surface area contributed by atoms with Crippen molar-refractivity contribution in [3.05, 3.63) is 92.9 Å². The van der Waals surface area contributed by atoms with Gasteiger partial charge < -0.3 is 5.11 Å².